The monoisotopic (exact) mass is 211 g/mol. The van der Waals surface area contributed by atoms with E-state index in [1.54, 1.807) is 30.4 Å². The fourth-order valence-corrected chi connectivity index (χ4v) is 1.83. The van der Waals surface area contributed by atoms with E-state index in [9.17, 15) is 0 Å². The molecule has 1 aromatic heterocycles. The first-order chi connectivity index (χ1) is 6.68. The third-order valence-corrected chi connectivity index (χ3v) is 2.70. The Morgan fingerprint density at radius 3 is 2.71 bits per heavy atom. The minimum atomic E-state index is 0.522. The lowest BCUT2D eigenvalue weighted by atomic mass is 10.3. The maximum absolute atomic E-state index is 4.22. The molecule has 0 amide bonds. The van der Waals surface area contributed by atoms with Gasteiger partial charge in [0.05, 0.1) is 6.20 Å². The van der Waals surface area contributed by atoms with Crippen molar-refractivity contribution >= 4 is 11.8 Å². The third-order valence-electron chi connectivity index (χ3n) is 1.67. The van der Waals surface area contributed by atoms with Gasteiger partial charge in [-0.05, 0) is 0 Å². The van der Waals surface area contributed by atoms with Gasteiger partial charge in [-0.25, -0.2) is 4.98 Å². The fraction of sp³-hybridized carbons (Fsp3) is 0.600. The van der Waals surface area contributed by atoms with Crippen LogP contribution >= 0.6 is 11.8 Å². The smallest absolute Gasteiger partial charge is 0.115 e. The molecule has 14 heavy (non-hydrogen) atoms. The average Bonchev–Trinajstić information content (AvgIpc) is 2.16. The van der Waals surface area contributed by atoms with Crippen molar-refractivity contribution in [2.45, 2.75) is 37.1 Å². The number of aromatic nitrogens is 2. The fourth-order valence-electron chi connectivity index (χ4n) is 0.996. The van der Waals surface area contributed by atoms with E-state index in [0.29, 0.717) is 11.3 Å². The Kier molecular flexibility index (Phi) is 4.90. The number of hydrogen-bond donors (Lipinski definition) is 1. The molecule has 0 fully saturated rings. The topological polar surface area (TPSA) is 37.8 Å². The van der Waals surface area contributed by atoms with Crippen molar-refractivity contribution in [2.75, 3.05) is 6.54 Å². The van der Waals surface area contributed by atoms with E-state index < -0.39 is 0 Å². The van der Waals surface area contributed by atoms with Gasteiger partial charge < -0.3 is 5.32 Å². The minimum absolute atomic E-state index is 0.522. The zero-order valence-corrected chi connectivity index (χ0v) is 9.71. The van der Waals surface area contributed by atoms with E-state index in [0.717, 1.165) is 11.6 Å². The van der Waals surface area contributed by atoms with Crippen molar-refractivity contribution in [1.29, 1.82) is 0 Å². The Hall–Kier alpha value is -0.610. The lowest BCUT2D eigenvalue weighted by Gasteiger charge is -2.13. The normalized spacial score (nSPS) is 13.1. The van der Waals surface area contributed by atoms with Gasteiger partial charge in [-0.2, -0.15) is 0 Å². The highest BCUT2D eigenvalue weighted by Gasteiger charge is 2.05. The van der Waals surface area contributed by atoms with Crippen LogP contribution in [0.25, 0.3) is 0 Å². The summed E-state index contributed by atoms with van der Waals surface area (Å²) in [5, 5.41) is 4.91. The zero-order valence-electron chi connectivity index (χ0n) is 8.90. The molecule has 0 aromatic carbocycles. The van der Waals surface area contributed by atoms with Crippen LogP contribution in [0, 0.1) is 0 Å². The summed E-state index contributed by atoms with van der Waals surface area (Å²) in [5.41, 5.74) is 0. The summed E-state index contributed by atoms with van der Waals surface area (Å²) in [4.78, 5) is 8.25. The molecule has 4 heteroatoms. The van der Waals surface area contributed by atoms with Crippen LogP contribution in [0.1, 0.15) is 20.8 Å². The summed E-state index contributed by atoms with van der Waals surface area (Å²) in [5.74, 6) is 0. The highest BCUT2D eigenvalue weighted by molar-refractivity contribution is 7.99. The van der Waals surface area contributed by atoms with Crippen molar-refractivity contribution in [2.24, 2.45) is 0 Å². The Morgan fingerprint density at radius 2 is 2.14 bits per heavy atom. The molecular formula is C10H17N3S. The molecule has 1 heterocycles. The molecule has 0 spiro atoms. The molecule has 1 unspecified atom stereocenters. The number of hydrogen-bond acceptors (Lipinski definition) is 4. The Balaban J connectivity index is 2.30. The molecule has 0 radical (unpaired) electrons. The largest absolute Gasteiger partial charge is 0.313 e. The molecule has 1 aromatic rings. The highest BCUT2D eigenvalue weighted by Crippen LogP contribution is 2.18. The van der Waals surface area contributed by atoms with Gasteiger partial charge >= 0.3 is 0 Å². The molecule has 0 saturated carbocycles. The Bertz CT molecular complexity index is 251. The molecule has 0 aliphatic carbocycles. The standard InChI is InChI=1S/C10H17N3S/c1-8(2)13-6-9(3)14-10-7-11-4-5-12-10/h4-5,7-9,13H,6H2,1-3H3. The van der Waals surface area contributed by atoms with Crippen LogP contribution in [0.3, 0.4) is 0 Å². The summed E-state index contributed by atoms with van der Waals surface area (Å²) in [7, 11) is 0. The predicted octanol–water partition coefficient (Wildman–Crippen LogP) is 1.96. The first-order valence-corrected chi connectivity index (χ1v) is 5.72. The van der Waals surface area contributed by atoms with Gasteiger partial charge in [-0.15, -0.1) is 11.8 Å². The summed E-state index contributed by atoms with van der Waals surface area (Å²) in [6, 6.07) is 0.542. The van der Waals surface area contributed by atoms with Crippen LogP contribution in [-0.4, -0.2) is 27.8 Å². The number of thioether (sulfide) groups is 1. The second kappa shape index (κ2) is 5.98. The second-order valence-corrected chi connectivity index (χ2v) is 4.99. The van der Waals surface area contributed by atoms with E-state index in [1.165, 1.54) is 0 Å². The van der Waals surface area contributed by atoms with Crippen LogP contribution in [0.15, 0.2) is 23.6 Å². The third kappa shape index (κ3) is 4.58. The van der Waals surface area contributed by atoms with E-state index in [-0.39, 0.29) is 0 Å². The predicted molar refractivity (Wildman–Crippen MR) is 60.5 cm³/mol. The highest BCUT2D eigenvalue weighted by atomic mass is 32.2. The first-order valence-electron chi connectivity index (χ1n) is 4.84. The van der Waals surface area contributed by atoms with Crippen LogP contribution in [0.5, 0.6) is 0 Å². The molecule has 0 bridgehead atoms. The lowest BCUT2D eigenvalue weighted by Crippen LogP contribution is -2.29. The van der Waals surface area contributed by atoms with Gasteiger partial charge in [0.2, 0.25) is 0 Å². The molecule has 1 atom stereocenters. The summed E-state index contributed by atoms with van der Waals surface area (Å²) in [6.45, 7) is 7.49. The summed E-state index contributed by atoms with van der Waals surface area (Å²) in [6.07, 6.45) is 5.22. The van der Waals surface area contributed by atoms with E-state index >= 15 is 0 Å². The molecular weight excluding hydrogens is 194 g/mol. The quantitative estimate of drug-likeness (QED) is 0.756. The zero-order chi connectivity index (χ0) is 10.4. The molecule has 0 saturated heterocycles. The first kappa shape index (κ1) is 11.5. The van der Waals surface area contributed by atoms with Crippen molar-refractivity contribution in [1.82, 2.24) is 15.3 Å². The van der Waals surface area contributed by atoms with Gasteiger partial charge in [-0.3, -0.25) is 4.98 Å². The van der Waals surface area contributed by atoms with Crippen LogP contribution in [-0.2, 0) is 0 Å². The lowest BCUT2D eigenvalue weighted by molar-refractivity contribution is 0.589. The molecule has 1 N–H and O–H groups in total. The van der Waals surface area contributed by atoms with Gasteiger partial charge in [0.1, 0.15) is 5.03 Å². The maximum atomic E-state index is 4.22. The van der Waals surface area contributed by atoms with E-state index in [2.05, 4.69) is 36.1 Å². The average molecular weight is 211 g/mol. The SMILES string of the molecule is CC(C)NCC(C)Sc1cnccn1. The number of rotatable bonds is 5. The van der Waals surface area contributed by atoms with Crippen molar-refractivity contribution in [3.63, 3.8) is 0 Å². The molecule has 3 nitrogen and oxygen atoms in total. The van der Waals surface area contributed by atoms with Crippen LogP contribution < -0.4 is 5.32 Å². The van der Waals surface area contributed by atoms with Crippen molar-refractivity contribution in [3.8, 4) is 0 Å². The Morgan fingerprint density at radius 1 is 1.36 bits per heavy atom. The number of nitrogens with one attached hydrogen (secondary N) is 1. The van der Waals surface area contributed by atoms with Crippen molar-refractivity contribution in [3.05, 3.63) is 18.6 Å². The van der Waals surface area contributed by atoms with Crippen molar-refractivity contribution < 1.29 is 0 Å². The van der Waals surface area contributed by atoms with Crippen LogP contribution in [0.4, 0.5) is 0 Å². The van der Waals surface area contributed by atoms with Gasteiger partial charge in [0.15, 0.2) is 0 Å². The second-order valence-electron chi connectivity index (χ2n) is 3.54. The van der Waals surface area contributed by atoms with Crippen LogP contribution in [0.2, 0.25) is 0 Å². The summed E-state index contributed by atoms with van der Waals surface area (Å²) >= 11 is 1.75. The molecule has 78 valence electrons. The molecule has 1 rings (SSSR count). The minimum Gasteiger partial charge on any atom is -0.313 e. The van der Waals surface area contributed by atoms with Gasteiger partial charge in [0, 0.05) is 30.2 Å². The molecule has 0 aliphatic rings. The van der Waals surface area contributed by atoms with E-state index in [1.807, 2.05) is 0 Å². The Labute approximate surface area is 89.7 Å². The summed E-state index contributed by atoms with van der Waals surface area (Å²) < 4.78 is 0. The maximum Gasteiger partial charge on any atom is 0.115 e. The van der Waals surface area contributed by atoms with E-state index in [4.69, 9.17) is 0 Å². The molecule has 0 aliphatic heterocycles. The number of nitrogens with zero attached hydrogens (tertiary/aromatic N) is 2. The van der Waals surface area contributed by atoms with Gasteiger partial charge in [-0.1, -0.05) is 20.8 Å². The van der Waals surface area contributed by atoms with Gasteiger partial charge in [0.25, 0.3) is 0 Å².